The Kier molecular flexibility index (Phi) is 5.05. The highest BCUT2D eigenvalue weighted by molar-refractivity contribution is 5.99. The molecule has 1 aromatic carbocycles. The predicted molar refractivity (Wildman–Crippen MR) is 84.2 cm³/mol. The van der Waals surface area contributed by atoms with Gasteiger partial charge in [0.05, 0.1) is 5.56 Å². The molecule has 0 heterocycles. The van der Waals surface area contributed by atoms with E-state index in [0.29, 0.717) is 5.92 Å². The van der Waals surface area contributed by atoms with E-state index in [1.54, 1.807) is 0 Å². The number of nitrogens with one attached hydrogen (secondary N) is 2. The summed E-state index contributed by atoms with van der Waals surface area (Å²) < 4.78 is 0. The van der Waals surface area contributed by atoms with Crippen molar-refractivity contribution in [2.24, 2.45) is 5.92 Å². The summed E-state index contributed by atoms with van der Waals surface area (Å²) in [6.45, 7) is 4.16. The van der Waals surface area contributed by atoms with Crippen LogP contribution in [-0.2, 0) is 0 Å². The Morgan fingerprint density at radius 1 is 1.25 bits per heavy atom. The van der Waals surface area contributed by atoms with E-state index in [0.717, 1.165) is 16.8 Å². The fourth-order valence-electron chi connectivity index (χ4n) is 3.10. The first-order valence-corrected chi connectivity index (χ1v) is 7.71. The molecule has 0 spiro atoms. The van der Waals surface area contributed by atoms with Gasteiger partial charge in [-0.15, -0.1) is 0 Å². The molecule has 3 heteroatoms. The summed E-state index contributed by atoms with van der Waals surface area (Å²) in [6, 6.07) is 6.20. The molecule has 2 N–H and O–H groups in total. The minimum atomic E-state index is 0.0381. The fourth-order valence-corrected chi connectivity index (χ4v) is 3.10. The van der Waals surface area contributed by atoms with Crippen molar-refractivity contribution >= 4 is 11.6 Å². The second-order valence-corrected chi connectivity index (χ2v) is 5.96. The Morgan fingerprint density at radius 3 is 2.60 bits per heavy atom. The molecule has 3 nitrogen and oxygen atoms in total. The maximum absolute atomic E-state index is 12.5. The van der Waals surface area contributed by atoms with E-state index in [-0.39, 0.29) is 11.9 Å². The van der Waals surface area contributed by atoms with Crippen LogP contribution in [0.25, 0.3) is 0 Å². The van der Waals surface area contributed by atoms with Crippen LogP contribution in [0.3, 0.4) is 0 Å². The molecule has 1 atom stereocenters. The fraction of sp³-hybridized carbons (Fsp3) is 0.588. The summed E-state index contributed by atoms with van der Waals surface area (Å²) in [5.41, 5.74) is 2.75. The molecule has 1 amide bonds. The summed E-state index contributed by atoms with van der Waals surface area (Å²) in [5.74, 6) is 0.673. The summed E-state index contributed by atoms with van der Waals surface area (Å²) in [5, 5.41) is 6.28. The summed E-state index contributed by atoms with van der Waals surface area (Å²) in [7, 11) is 1.85. The summed E-state index contributed by atoms with van der Waals surface area (Å²) >= 11 is 0. The SMILES string of the molecule is CNc1ccc(C)cc1C(=O)NC(C)C1CCCCC1. The minimum absolute atomic E-state index is 0.0381. The smallest absolute Gasteiger partial charge is 0.253 e. The van der Waals surface area contributed by atoms with Gasteiger partial charge in [0, 0.05) is 18.8 Å². The Hall–Kier alpha value is -1.51. The van der Waals surface area contributed by atoms with Gasteiger partial charge in [-0.2, -0.15) is 0 Å². The largest absolute Gasteiger partial charge is 0.387 e. The third-order valence-corrected chi connectivity index (χ3v) is 4.40. The molecule has 0 bridgehead atoms. The van der Waals surface area contributed by atoms with E-state index in [1.807, 2.05) is 32.2 Å². The Balaban J connectivity index is 2.05. The van der Waals surface area contributed by atoms with E-state index in [2.05, 4.69) is 17.6 Å². The van der Waals surface area contributed by atoms with E-state index in [9.17, 15) is 4.79 Å². The average Bonchev–Trinajstić information content (AvgIpc) is 2.48. The van der Waals surface area contributed by atoms with Crippen molar-refractivity contribution in [3.05, 3.63) is 29.3 Å². The lowest BCUT2D eigenvalue weighted by atomic mass is 9.84. The molecule has 0 aromatic heterocycles. The van der Waals surface area contributed by atoms with Gasteiger partial charge in [0.15, 0.2) is 0 Å². The second-order valence-electron chi connectivity index (χ2n) is 5.96. The highest BCUT2D eigenvalue weighted by Gasteiger charge is 2.22. The topological polar surface area (TPSA) is 41.1 Å². The molecular weight excluding hydrogens is 248 g/mol. The maximum atomic E-state index is 12.5. The van der Waals surface area contributed by atoms with Crippen molar-refractivity contribution in [3.8, 4) is 0 Å². The minimum Gasteiger partial charge on any atom is -0.387 e. The van der Waals surface area contributed by atoms with Crippen molar-refractivity contribution < 1.29 is 4.79 Å². The number of hydrogen-bond acceptors (Lipinski definition) is 2. The van der Waals surface area contributed by atoms with E-state index in [1.165, 1.54) is 32.1 Å². The third-order valence-electron chi connectivity index (χ3n) is 4.40. The van der Waals surface area contributed by atoms with Crippen LogP contribution in [0.1, 0.15) is 54.9 Å². The molecule has 1 unspecified atom stereocenters. The van der Waals surface area contributed by atoms with E-state index < -0.39 is 0 Å². The van der Waals surface area contributed by atoms with Crippen LogP contribution in [0.5, 0.6) is 0 Å². The van der Waals surface area contributed by atoms with Crippen molar-refractivity contribution in [2.45, 2.75) is 52.0 Å². The number of carbonyl (C=O) groups excluding carboxylic acids is 1. The van der Waals surface area contributed by atoms with Gasteiger partial charge >= 0.3 is 0 Å². The van der Waals surface area contributed by atoms with Crippen molar-refractivity contribution in [3.63, 3.8) is 0 Å². The first-order chi connectivity index (χ1) is 9.61. The van der Waals surface area contributed by atoms with Crippen LogP contribution < -0.4 is 10.6 Å². The Bertz CT molecular complexity index is 464. The van der Waals surface area contributed by atoms with Gasteiger partial charge in [-0.05, 0) is 44.7 Å². The zero-order valence-electron chi connectivity index (χ0n) is 12.8. The number of rotatable bonds is 4. The van der Waals surface area contributed by atoms with Crippen LogP contribution in [0.15, 0.2) is 18.2 Å². The second kappa shape index (κ2) is 6.78. The number of amides is 1. The lowest BCUT2D eigenvalue weighted by Gasteiger charge is -2.28. The van der Waals surface area contributed by atoms with Crippen LogP contribution in [-0.4, -0.2) is 19.0 Å². The molecule has 0 saturated heterocycles. The molecule has 110 valence electrons. The van der Waals surface area contributed by atoms with Crippen molar-refractivity contribution in [2.75, 3.05) is 12.4 Å². The van der Waals surface area contributed by atoms with E-state index in [4.69, 9.17) is 0 Å². The molecule has 1 fully saturated rings. The number of carbonyl (C=O) groups is 1. The normalized spacial score (nSPS) is 17.6. The number of anilines is 1. The van der Waals surface area contributed by atoms with Crippen molar-refractivity contribution in [1.29, 1.82) is 0 Å². The standard InChI is InChI=1S/C17H26N2O/c1-12-9-10-16(18-3)15(11-12)17(20)19-13(2)14-7-5-4-6-8-14/h9-11,13-14,18H,4-8H2,1-3H3,(H,19,20). The van der Waals surface area contributed by atoms with Crippen LogP contribution in [0, 0.1) is 12.8 Å². The lowest BCUT2D eigenvalue weighted by molar-refractivity contribution is 0.0920. The molecule has 0 aliphatic heterocycles. The van der Waals surface area contributed by atoms with Gasteiger partial charge in [0.25, 0.3) is 5.91 Å². The van der Waals surface area contributed by atoms with Crippen LogP contribution in [0.4, 0.5) is 5.69 Å². The third kappa shape index (κ3) is 3.53. The summed E-state index contributed by atoms with van der Waals surface area (Å²) in [4.78, 5) is 12.5. The van der Waals surface area contributed by atoms with Crippen LogP contribution in [0.2, 0.25) is 0 Å². The number of aryl methyl sites for hydroxylation is 1. The first kappa shape index (κ1) is 14.9. The van der Waals surface area contributed by atoms with Gasteiger partial charge in [-0.1, -0.05) is 30.9 Å². The highest BCUT2D eigenvalue weighted by atomic mass is 16.1. The van der Waals surface area contributed by atoms with Gasteiger partial charge in [-0.3, -0.25) is 4.79 Å². The first-order valence-electron chi connectivity index (χ1n) is 7.71. The van der Waals surface area contributed by atoms with Crippen LogP contribution >= 0.6 is 0 Å². The quantitative estimate of drug-likeness (QED) is 0.878. The Labute approximate surface area is 122 Å². The molecule has 1 aromatic rings. The maximum Gasteiger partial charge on any atom is 0.253 e. The molecule has 1 aliphatic rings. The molecule has 1 saturated carbocycles. The predicted octanol–water partition coefficient (Wildman–Crippen LogP) is 3.74. The molecule has 20 heavy (non-hydrogen) atoms. The molecular formula is C17H26N2O. The van der Waals surface area contributed by atoms with Gasteiger partial charge in [-0.25, -0.2) is 0 Å². The highest BCUT2D eigenvalue weighted by Crippen LogP contribution is 2.26. The van der Waals surface area contributed by atoms with Gasteiger partial charge in [0.2, 0.25) is 0 Å². The Morgan fingerprint density at radius 2 is 1.95 bits per heavy atom. The lowest BCUT2D eigenvalue weighted by Crippen LogP contribution is -2.39. The van der Waals surface area contributed by atoms with Crippen molar-refractivity contribution in [1.82, 2.24) is 5.32 Å². The van der Waals surface area contributed by atoms with Gasteiger partial charge in [0.1, 0.15) is 0 Å². The monoisotopic (exact) mass is 274 g/mol. The molecule has 2 rings (SSSR count). The number of hydrogen-bond donors (Lipinski definition) is 2. The van der Waals surface area contributed by atoms with Gasteiger partial charge < -0.3 is 10.6 Å². The molecule has 1 aliphatic carbocycles. The number of benzene rings is 1. The average molecular weight is 274 g/mol. The van der Waals surface area contributed by atoms with E-state index >= 15 is 0 Å². The molecule has 0 radical (unpaired) electrons. The summed E-state index contributed by atoms with van der Waals surface area (Å²) in [6.07, 6.45) is 6.44. The zero-order valence-corrected chi connectivity index (χ0v) is 12.8. The zero-order chi connectivity index (χ0) is 14.5.